The summed E-state index contributed by atoms with van der Waals surface area (Å²) in [6.07, 6.45) is 1.51. The van der Waals surface area contributed by atoms with Crippen LogP contribution < -0.4 is 0 Å². The molecule has 1 aliphatic rings. The van der Waals surface area contributed by atoms with Gasteiger partial charge in [-0.2, -0.15) is 0 Å². The highest BCUT2D eigenvalue weighted by atomic mass is 35.5. The molecule has 0 amide bonds. The molecular formula is C17H21ClN2OS. The number of piperidine rings is 1. The third-order valence-electron chi connectivity index (χ3n) is 4.24. The van der Waals surface area contributed by atoms with Gasteiger partial charge in [0.05, 0.1) is 16.8 Å². The van der Waals surface area contributed by atoms with E-state index >= 15 is 0 Å². The topological polar surface area (TPSA) is 36.4 Å². The smallest absolute Gasteiger partial charge is 0.0897 e. The lowest BCUT2D eigenvalue weighted by Gasteiger charge is -2.36. The summed E-state index contributed by atoms with van der Waals surface area (Å²) in [5, 5.41) is 14.3. The Labute approximate surface area is 140 Å². The Balaban J connectivity index is 1.61. The van der Waals surface area contributed by atoms with E-state index in [2.05, 4.69) is 27.4 Å². The van der Waals surface area contributed by atoms with Crippen molar-refractivity contribution in [2.45, 2.75) is 32.4 Å². The van der Waals surface area contributed by atoms with Crippen molar-refractivity contribution in [1.82, 2.24) is 9.88 Å². The maximum absolute atomic E-state index is 10.3. The fourth-order valence-electron chi connectivity index (χ4n) is 3.07. The van der Waals surface area contributed by atoms with E-state index in [4.69, 9.17) is 11.6 Å². The second kappa shape index (κ2) is 7.09. The molecule has 2 heterocycles. The number of hydrogen-bond donors (Lipinski definition) is 1. The van der Waals surface area contributed by atoms with Gasteiger partial charge in [-0.25, -0.2) is 4.98 Å². The van der Waals surface area contributed by atoms with Gasteiger partial charge < -0.3 is 5.11 Å². The Bertz CT molecular complexity index is 613. The molecule has 1 saturated heterocycles. The molecule has 0 unspecified atom stereocenters. The number of benzene rings is 1. The van der Waals surface area contributed by atoms with Crippen LogP contribution in [0.3, 0.4) is 0 Å². The van der Waals surface area contributed by atoms with Crippen molar-refractivity contribution in [3.8, 4) is 0 Å². The third-order valence-corrected chi connectivity index (χ3v) is 5.32. The fraction of sp³-hybridized carbons (Fsp3) is 0.471. The predicted molar refractivity (Wildman–Crippen MR) is 91.4 cm³/mol. The molecule has 0 radical (unpaired) electrons. The van der Waals surface area contributed by atoms with E-state index in [1.54, 1.807) is 11.3 Å². The highest BCUT2D eigenvalue weighted by molar-refractivity contribution is 7.09. The van der Waals surface area contributed by atoms with E-state index < -0.39 is 0 Å². The van der Waals surface area contributed by atoms with Crippen LogP contribution in [0.4, 0.5) is 0 Å². The maximum atomic E-state index is 10.3. The van der Waals surface area contributed by atoms with Crippen LogP contribution in [-0.4, -0.2) is 34.2 Å². The summed E-state index contributed by atoms with van der Waals surface area (Å²) in [5.74, 6) is 0.273. The number of aryl methyl sites for hydroxylation is 1. The van der Waals surface area contributed by atoms with Crippen LogP contribution in [0.15, 0.2) is 29.6 Å². The lowest BCUT2D eigenvalue weighted by atomic mass is 9.88. The van der Waals surface area contributed by atoms with E-state index in [9.17, 15) is 5.11 Å². The zero-order valence-corrected chi connectivity index (χ0v) is 14.3. The summed E-state index contributed by atoms with van der Waals surface area (Å²) in [5.41, 5.74) is 2.38. The Morgan fingerprint density at radius 3 is 2.82 bits per heavy atom. The molecule has 0 aliphatic carbocycles. The van der Waals surface area contributed by atoms with Crippen LogP contribution in [-0.2, 0) is 13.0 Å². The molecule has 5 heteroatoms. The van der Waals surface area contributed by atoms with Crippen molar-refractivity contribution < 1.29 is 5.11 Å². The number of likely N-dealkylation sites (tertiary alicyclic amines) is 1. The number of hydrogen-bond acceptors (Lipinski definition) is 4. The first kappa shape index (κ1) is 15.9. The van der Waals surface area contributed by atoms with E-state index in [1.807, 2.05) is 19.1 Å². The van der Waals surface area contributed by atoms with Crippen LogP contribution in [0, 0.1) is 12.8 Å². The number of nitrogens with zero attached hydrogens (tertiary/aromatic N) is 2. The summed E-state index contributed by atoms with van der Waals surface area (Å²) in [4.78, 5) is 6.95. The quantitative estimate of drug-likeness (QED) is 0.927. The van der Waals surface area contributed by atoms with Crippen LogP contribution in [0.2, 0.25) is 5.02 Å². The van der Waals surface area contributed by atoms with Gasteiger partial charge in [0, 0.05) is 36.0 Å². The van der Waals surface area contributed by atoms with Crippen molar-refractivity contribution >= 4 is 22.9 Å². The first-order valence-corrected chi connectivity index (χ1v) is 8.92. The molecule has 2 aromatic rings. The van der Waals surface area contributed by atoms with Gasteiger partial charge >= 0.3 is 0 Å². The Hall–Kier alpha value is -0.940. The van der Waals surface area contributed by atoms with Crippen molar-refractivity contribution in [1.29, 1.82) is 0 Å². The number of aromatic nitrogens is 1. The van der Waals surface area contributed by atoms with Gasteiger partial charge in [0.25, 0.3) is 0 Å². The van der Waals surface area contributed by atoms with Crippen LogP contribution in [0.25, 0.3) is 0 Å². The molecule has 0 spiro atoms. The average molecular weight is 337 g/mol. The molecule has 1 aliphatic heterocycles. The molecule has 1 fully saturated rings. The molecule has 0 saturated carbocycles. The maximum Gasteiger partial charge on any atom is 0.0897 e. The fourth-order valence-corrected chi connectivity index (χ4v) is 3.80. The number of thiazole rings is 1. The minimum absolute atomic E-state index is 0.218. The minimum atomic E-state index is -0.218. The van der Waals surface area contributed by atoms with Crippen LogP contribution in [0.1, 0.15) is 22.7 Å². The molecule has 22 heavy (non-hydrogen) atoms. The van der Waals surface area contributed by atoms with Crippen molar-refractivity contribution in [2.24, 2.45) is 5.92 Å². The van der Waals surface area contributed by atoms with E-state index in [-0.39, 0.29) is 12.0 Å². The largest absolute Gasteiger partial charge is 0.393 e. The van der Waals surface area contributed by atoms with Crippen LogP contribution >= 0.6 is 22.9 Å². The number of rotatable bonds is 4. The van der Waals surface area contributed by atoms with Crippen molar-refractivity contribution in [3.63, 3.8) is 0 Å². The minimum Gasteiger partial charge on any atom is -0.393 e. The van der Waals surface area contributed by atoms with Crippen LogP contribution in [0.5, 0.6) is 0 Å². The zero-order chi connectivity index (χ0) is 15.5. The summed E-state index contributed by atoms with van der Waals surface area (Å²) >= 11 is 7.63. The van der Waals surface area contributed by atoms with E-state index in [0.717, 1.165) is 48.2 Å². The highest BCUT2D eigenvalue weighted by Crippen LogP contribution is 2.24. The van der Waals surface area contributed by atoms with Gasteiger partial charge in [-0.1, -0.05) is 23.7 Å². The molecule has 118 valence electrons. The second-order valence-electron chi connectivity index (χ2n) is 6.04. The molecule has 3 nitrogen and oxygen atoms in total. The molecule has 2 atom stereocenters. The predicted octanol–water partition coefficient (Wildman–Crippen LogP) is 3.53. The first-order chi connectivity index (χ1) is 10.6. The van der Waals surface area contributed by atoms with Gasteiger partial charge in [-0.15, -0.1) is 11.3 Å². The van der Waals surface area contributed by atoms with E-state index in [1.165, 1.54) is 5.56 Å². The lowest BCUT2D eigenvalue weighted by molar-refractivity contribution is 0.0235. The molecule has 3 rings (SSSR count). The number of aliphatic hydroxyl groups excluding tert-OH is 1. The first-order valence-electron chi connectivity index (χ1n) is 7.66. The molecular weight excluding hydrogens is 316 g/mol. The van der Waals surface area contributed by atoms with Crippen molar-refractivity contribution in [2.75, 3.05) is 13.1 Å². The van der Waals surface area contributed by atoms with E-state index in [0.29, 0.717) is 0 Å². The van der Waals surface area contributed by atoms with Gasteiger partial charge in [0.1, 0.15) is 0 Å². The second-order valence-corrected chi connectivity index (χ2v) is 7.54. The highest BCUT2D eigenvalue weighted by Gasteiger charge is 2.28. The summed E-state index contributed by atoms with van der Waals surface area (Å²) in [6.45, 7) is 4.78. The molecule has 1 aromatic carbocycles. The number of aliphatic hydroxyl groups is 1. The number of halogens is 1. The Morgan fingerprint density at radius 1 is 1.36 bits per heavy atom. The molecule has 1 aromatic heterocycles. The van der Waals surface area contributed by atoms with Gasteiger partial charge in [-0.3, -0.25) is 4.90 Å². The van der Waals surface area contributed by atoms with Gasteiger partial charge in [-0.05, 0) is 37.5 Å². The summed E-state index contributed by atoms with van der Waals surface area (Å²) < 4.78 is 0. The average Bonchev–Trinajstić information content (AvgIpc) is 2.90. The van der Waals surface area contributed by atoms with Gasteiger partial charge in [0.2, 0.25) is 0 Å². The summed E-state index contributed by atoms with van der Waals surface area (Å²) in [6, 6.07) is 7.94. The molecule has 1 N–H and O–H groups in total. The SMILES string of the molecule is Cc1nc(CN2CC[C@H](O)[C@H](Cc3ccc(Cl)cc3)C2)cs1. The zero-order valence-electron chi connectivity index (χ0n) is 12.7. The third kappa shape index (κ3) is 4.07. The van der Waals surface area contributed by atoms with Crippen molar-refractivity contribution in [3.05, 3.63) is 50.9 Å². The normalized spacial score (nSPS) is 22.9. The van der Waals surface area contributed by atoms with Gasteiger partial charge in [0.15, 0.2) is 0 Å². The summed E-state index contributed by atoms with van der Waals surface area (Å²) in [7, 11) is 0. The molecule has 0 bridgehead atoms. The monoisotopic (exact) mass is 336 g/mol. The lowest BCUT2D eigenvalue weighted by Crippen LogP contribution is -2.43. The Morgan fingerprint density at radius 2 is 2.14 bits per heavy atom. The Kier molecular flexibility index (Phi) is 5.14. The standard InChI is InChI=1S/C17H21ClN2OS/c1-12-19-16(11-22-12)10-20-7-6-17(21)14(9-20)8-13-2-4-15(18)5-3-13/h2-5,11,14,17,21H,6-10H2,1H3/t14-,17+/m1/s1.